The fourth-order valence-corrected chi connectivity index (χ4v) is 5.93. The van der Waals surface area contributed by atoms with Crippen LogP contribution >= 0.6 is 0 Å². The summed E-state index contributed by atoms with van der Waals surface area (Å²) in [6, 6.07) is 12.1. The molecule has 0 saturated heterocycles. The molecule has 1 aromatic carbocycles. The number of sulfone groups is 1. The monoisotopic (exact) mass is 435 g/mol. The molecule has 31 heavy (non-hydrogen) atoms. The Hall–Kier alpha value is -3.22. The third-order valence-electron chi connectivity index (χ3n) is 5.99. The first-order chi connectivity index (χ1) is 14.9. The van der Waals surface area contributed by atoms with Gasteiger partial charge in [-0.25, -0.2) is 18.4 Å². The number of rotatable bonds is 4. The predicted molar refractivity (Wildman–Crippen MR) is 114 cm³/mol. The van der Waals surface area contributed by atoms with Gasteiger partial charge in [0.25, 0.3) is 0 Å². The second kappa shape index (κ2) is 7.18. The molecule has 9 heteroatoms. The molecule has 0 amide bonds. The van der Waals surface area contributed by atoms with Crippen molar-refractivity contribution in [1.82, 2.24) is 19.5 Å². The van der Waals surface area contributed by atoms with Crippen LogP contribution in [-0.2, 0) is 9.84 Å². The van der Waals surface area contributed by atoms with Crippen LogP contribution in [0.3, 0.4) is 0 Å². The average Bonchev–Trinajstić information content (AvgIpc) is 3.49. The highest BCUT2D eigenvalue weighted by Crippen LogP contribution is 2.42. The van der Waals surface area contributed by atoms with Gasteiger partial charge in [-0.3, -0.25) is 0 Å². The molecular formula is C22H21N5O3S. The molecule has 1 saturated carbocycles. The zero-order chi connectivity index (χ0) is 21.8. The zero-order valence-electron chi connectivity index (χ0n) is 16.9. The lowest BCUT2D eigenvalue weighted by Crippen LogP contribution is -2.17. The molecule has 5 rings (SSSR count). The van der Waals surface area contributed by atoms with E-state index >= 15 is 0 Å². The maximum atomic E-state index is 13.5. The zero-order valence-corrected chi connectivity index (χ0v) is 17.7. The van der Waals surface area contributed by atoms with E-state index in [1.54, 1.807) is 31.3 Å². The minimum absolute atomic E-state index is 0.124. The second-order valence-electron chi connectivity index (χ2n) is 7.92. The third kappa shape index (κ3) is 2.94. The van der Waals surface area contributed by atoms with Crippen molar-refractivity contribution in [2.75, 3.05) is 0 Å². The van der Waals surface area contributed by atoms with Gasteiger partial charge in [-0.15, -0.1) is 0 Å². The van der Waals surface area contributed by atoms with Gasteiger partial charge in [0.1, 0.15) is 23.1 Å². The summed E-state index contributed by atoms with van der Waals surface area (Å²) < 4.78 is 28.9. The molecule has 8 nitrogen and oxygen atoms in total. The molecule has 1 aliphatic carbocycles. The van der Waals surface area contributed by atoms with Gasteiger partial charge in [-0.2, -0.15) is 5.26 Å². The fraction of sp³-hybridized carbons (Fsp3) is 0.318. The van der Waals surface area contributed by atoms with E-state index in [4.69, 9.17) is 0 Å². The Labute approximate surface area is 179 Å². The summed E-state index contributed by atoms with van der Waals surface area (Å²) >= 11 is 0. The maximum Gasteiger partial charge on any atom is 0.226 e. The van der Waals surface area contributed by atoms with Gasteiger partial charge >= 0.3 is 0 Å². The average molecular weight is 436 g/mol. The standard InChI is InChI=1S/C22H21N5O3S/c1-13(28)21-25-18-19(27(21)17-9-5-6-14(17)12-23)16-10-11-24-20(16)26-22(18)31(29,30)15-7-3-2-4-8-15/h2-4,7-8,10-11,13-14,17,28H,5-6,9H2,1H3,(H,24,26)/t13-,14?,17?/m1/s1. The van der Waals surface area contributed by atoms with Crippen LogP contribution in [0.5, 0.6) is 0 Å². The molecule has 0 aliphatic heterocycles. The molecule has 3 aromatic heterocycles. The van der Waals surface area contributed by atoms with Crippen LogP contribution < -0.4 is 0 Å². The molecule has 1 fully saturated rings. The number of imidazole rings is 1. The highest BCUT2D eigenvalue weighted by molar-refractivity contribution is 7.91. The first kappa shape index (κ1) is 19.7. The van der Waals surface area contributed by atoms with Gasteiger partial charge < -0.3 is 14.7 Å². The number of nitrogens with zero attached hydrogens (tertiary/aromatic N) is 4. The first-order valence-corrected chi connectivity index (χ1v) is 11.7. The lowest BCUT2D eigenvalue weighted by Gasteiger charge is -2.21. The van der Waals surface area contributed by atoms with E-state index in [1.807, 2.05) is 10.6 Å². The Morgan fingerprint density at radius 1 is 1.23 bits per heavy atom. The fourth-order valence-electron chi connectivity index (χ4n) is 4.58. The van der Waals surface area contributed by atoms with Crippen LogP contribution in [-0.4, -0.2) is 33.0 Å². The summed E-state index contributed by atoms with van der Waals surface area (Å²) in [5.41, 5.74) is 1.23. The Morgan fingerprint density at radius 2 is 2.00 bits per heavy atom. The van der Waals surface area contributed by atoms with Crippen molar-refractivity contribution in [3.63, 3.8) is 0 Å². The van der Waals surface area contributed by atoms with Crippen molar-refractivity contribution >= 4 is 31.9 Å². The number of nitrogens with one attached hydrogen (secondary N) is 1. The number of nitriles is 1. The van der Waals surface area contributed by atoms with E-state index in [-0.39, 0.29) is 27.4 Å². The van der Waals surface area contributed by atoms with Crippen molar-refractivity contribution in [3.05, 3.63) is 48.4 Å². The van der Waals surface area contributed by atoms with Crippen LogP contribution in [0, 0.1) is 17.2 Å². The van der Waals surface area contributed by atoms with Gasteiger partial charge in [-0.05, 0) is 44.4 Å². The summed E-state index contributed by atoms with van der Waals surface area (Å²) in [5, 5.41) is 20.8. The molecule has 3 heterocycles. The number of aliphatic hydroxyl groups excluding tert-OH is 1. The molecule has 2 N–H and O–H groups in total. The summed E-state index contributed by atoms with van der Waals surface area (Å²) in [4.78, 5) is 12.2. The van der Waals surface area contributed by atoms with E-state index < -0.39 is 15.9 Å². The number of aromatic amines is 1. The summed E-state index contributed by atoms with van der Waals surface area (Å²) in [5.74, 6) is 0.119. The molecule has 0 spiro atoms. The highest BCUT2D eigenvalue weighted by atomic mass is 32.2. The summed E-state index contributed by atoms with van der Waals surface area (Å²) in [7, 11) is -3.96. The summed E-state index contributed by atoms with van der Waals surface area (Å²) in [6.07, 6.45) is 3.17. The SMILES string of the molecule is C[C@@H](O)c1nc2c(S(=O)(=O)c3ccccc3)nc3[nH]ccc3c2n1C1CCCC1C#N. The van der Waals surface area contributed by atoms with Gasteiger partial charge in [0.15, 0.2) is 5.03 Å². The minimum Gasteiger partial charge on any atom is -0.385 e. The smallest absolute Gasteiger partial charge is 0.226 e. The Balaban J connectivity index is 1.90. The third-order valence-corrected chi connectivity index (χ3v) is 7.68. The molecular weight excluding hydrogens is 414 g/mol. The van der Waals surface area contributed by atoms with Gasteiger partial charge in [0, 0.05) is 11.6 Å². The van der Waals surface area contributed by atoms with Gasteiger partial charge in [-0.1, -0.05) is 18.2 Å². The second-order valence-corrected chi connectivity index (χ2v) is 9.79. The molecule has 1 aliphatic rings. The van der Waals surface area contributed by atoms with Gasteiger partial charge in [0.05, 0.1) is 28.4 Å². The number of aliphatic hydroxyl groups is 1. The number of benzene rings is 1. The van der Waals surface area contributed by atoms with E-state index in [1.165, 1.54) is 12.1 Å². The lowest BCUT2D eigenvalue weighted by molar-refractivity contribution is 0.180. The molecule has 2 unspecified atom stereocenters. The highest BCUT2D eigenvalue weighted by Gasteiger charge is 2.35. The van der Waals surface area contributed by atoms with Crippen molar-refractivity contribution < 1.29 is 13.5 Å². The van der Waals surface area contributed by atoms with E-state index in [2.05, 4.69) is 21.0 Å². The quantitative estimate of drug-likeness (QED) is 0.504. The number of hydrogen-bond acceptors (Lipinski definition) is 6. The van der Waals surface area contributed by atoms with Crippen molar-refractivity contribution in [1.29, 1.82) is 5.26 Å². The molecule has 158 valence electrons. The van der Waals surface area contributed by atoms with Crippen LogP contribution in [0.2, 0.25) is 0 Å². The molecule has 0 bridgehead atoms. The number of H-pyrrole nitrogens is 1. The Kier molecular flexibility index (Phi) is 4.57. The normalized spacial score (nSPS) is 20.3. The Morgan fingerprint density at radius 3 is 2.71 bits per heavy atom. The molecule has 4 aromatic rings. The van der Waals surface area contributed by atoms with E-state index in [0.717, 1.165) is 19.3 Å². The molecule has 3 atom stereocenters. The van der Waals surface area contributed by atoms with Crippen molar-refractivity contribution in [2.45, 2.75) is 48.3 Å². The number of hydrogen-bond donors (Lipinski definition) is 2. The van der Waals surface area contributed by atoms with Gasteiger partial charge in [0.2, 0.25) is 9.84 Å². The predicted octanol–water partition coefficient (Wildman–Crippen LogP) is 3.66. The molecule has 0 radical (unpaired) electrons. The van der Waals surface area contributed by atoms with Crippen LogP contribution in [0.25, 0.3) is 22.1 Å². The van der Waals surface area contributed by atoms with Crippen LogP contribution in [0.4, 0.5) is 0 Å². The van der Waals surface area contributed by atoms with Crippen LogP contribution in [0.15, 0.2) is 52.5 Å². The largest absolute Gasteiger partial charge is 0.385 e. The van der Waals surface area contributed by atoms with Crippen molar-refractivity contribution in [2.24, 2.45) is 5.92 Å². The number of pyridine rings is 1. The van der Waals surface area contributed by atoms with Crippen LogP contribution in [0.1, 0.15) is 44.2 Å². The number of aromatic nitrogens is 4. The summed E-state index contributed by atoms with van der Waals surface area (Å²) in [6.45, 7) is 1.60. The maximum absolute atomic E-state index is 13.5. The Bertz CT molecular complexity index is 1430. The minimum atomic E-state index is -3.96. The first-order valence-electron chi connectivity index (χ1n) is 10.2. The lowest BCUT2D eigenvalue weighted by atomic mass is 10.0. The number of fused-ring (bicyclic) bond motifs is 3. The topological polar surface area (TPSA) is 125 Å². The van der Waals surface area contributed by atoms with E-state index in [0.29, 0.717) is 22.4 Å². The van der Waals surface area contributed by atoms with Crippen molar-refractivity contribution in [3.8, 4) is 6.07 Å². The van der Waals surface area contributed by atoms with E-state index in [9.17, 15) is 18.8 Å².